The summed E-state index contributed by atoms with van der Waals surface area (Å²) in [6.07, 6.45) is 4.79. The van der Waals surface area contributed by atoms with E-state index in [2.05, 4.69) is 4.90 Å². The highest BCUT2D eigenvalue weighted by atomic mass is 35.5. The van der Waals surface area contributed by atoms with E-state index in [0.29, 0.717) is 54.3 Å². The lowest BCUT2D eigenvalue weighted by atomic mass is 9.79. The molecule has 2 aromatic carbocycles. The molecule has 212 valence electrons. The van der Waals surface area contributed by atoms with Crippen LogP contribution in [-0.2, 0) is 16.0 Å². The fraction of sp³-hybridized carbons (Fsp3) is 0.567. The molecule has 1 saturated carbocycles. The number of fused-ring (bicyclic) bond motifs is 1. The Labute approximate surface area is 232 Å². The number of likely N-dealkylation sites (tertiary alicyclic amines) is 1. The number of methoxy groups -OCH3 is 1. The van der Waals surface area contributed by atoms with Gasteiger partial charge in [-0.25, -0.2) is 4.39 Å². The van der Waals surface area contributed by atoms with E-state index in [9.17, 15) is 13.6 Å². The zero-order valence-corrected chi connectivity index (χ0v) is 23.3. The molecule has 0 aromatic heterocycles. The second kappa shape index (κ2) is 11.2. The Bertz CT molecular complexity index is 1210. The second-order valence-corrected chi connectivity index (χ2v) is 11.6. The first-order valence-electron chi connectivity index (χ1n) is 13.7. The Balaban J connectivity index is 1.33. The Hall–Kier alpha value is -2.45. The molecule has 2 aliphatic heterocycles. The maximum absolute atomic E-state index is 16.1. The first kappa shape index (κ1) is 28.1. The molecule has 3 atom stereocenters. The molecular weight excluding hydrogens is 531 g/mol. The minimum absolute atomic E-state index is 0.117. The number of hydrogen-bond acceptors (Lipinski definition) is 5. The first-order valence-corrected chi connectivity index (χ1v) is 14.1. The summed E-state index contributed by atoms with van der Waals surface area (Å²) in [5, 5.41) is 0.455. The van der Waals surface area contributed by atoms with E-state index in [0.717, 1.165) is 24.8 Å². The van der Waals surface area contributed by atoms with Gasteiger partial charge in [0.15, 0.2) is 11.6 Å². The Kier molecular flexibility index (Phi) is 8.07. The summed E-state index contributed by atoms with van der Waals surface area (Å²) < 4.78 is 58.3. The lowest BCUT2D eigenvalue weighted by molar-refractivity contribution is -0.145. The number of piperidine rings is 1. The van der Waals surface area contributed by atoms with Crippen LogP contribution >= 0.6 is 11.6 Å². The predicted molar refractivity (Wildman–Crippen MR) is 142 cm³/mol. The van der Waals surface area contributed by atoms with Crippen molar-refractivity contribution in [1.82, 2.24) is 4.90 Å². The summed E-state index contributed by atoms with van der Waals surface area (Å²) in [7, 11) is 1.37. The highest BCUT2D eigenvalue weighted by Crippen LogP contribution is 2.50. The van der Waals surface area contributed by atoms with Gasteiger partial charge >= 0.3 is 12.6 Å². The van der Waals surface area contributed by atoms with Crippen LogP contribution in [0.25, 0.3) is 0 Å². The third-order valence-electron chi connectivity index (χ3n) is 8.87. The number of nitrogens with zero attached hydrogens (tertiary/aromatic N) is 1. The Morgan fingerprint density at radius 3 is 2.46 bits per heavy atom. The van der Waals surface area contributed by atoms with Crippen molar-refractivity contribution in [3.63, 3.8) is 0 Å². The molecule has 1 saturated heterocycles. The zero-order chi connectivity index (χ0) is 27.9. The van der Waals surface area contributed by atoms with E-state index in [1.165, 1.54) is 19.2 Å². The number of benzene rings is 2. The number of aryl methyl sites for hydroxylation is 1. The van der Waals surface area contributed by atoms with Gasteiger partial charge in [-0.1, -0.05) is 30.7 Å². The average Bonchev–Trinajstić information content (AvgIpc) is 3.76. The number of halogens is 4. The van der Waals surface area contributed by atoms with Crippen LogP contribution < -0.4 is 9.47 Å². The van der Waals surface area contributed by atoms with Crippen LogP contribution in [0.15, 0.2) is 30.3 Å². The Morgan fingerprint density at radius 1 is 1.10 bits per heavy atom. The summed E-state index contributed by atoms with van der Waals surface area (Å²) >= 11 is 6.18. The molecule has 3 aliphatic rings. The fourth-order valence-corrected chi connectivity index (χ4v) is 6.62. The number of rotatable bonds is 8. The molecule has 2 heterocycles. The van der Waals surface area contributed by atoms with Gasteiger partial charge in [-0.05, 0) is 80.7 Å². The smallest absolute Gasteiger partial charge is 0.387 e. The second-order valence-electron chi connectivity index (χ2n) is 11.2. The van der Waals surface area contributed by atoms with E-state index < -0.39 is 18.1 Å². The molecule has 0 N–H and O–H groups in total. The van der Waals surface area contributed by atoms with Crippen molar-refractivity contribution in [2.45, 2.75) is 76.5 Å². The normalized spacial score (nSPS) is 21.1. The van der Waals surface area contributed by atoms with Gasteiger partial charge in [0.25, 0.3) is 0 Å². The number of carbonyl (C=O) groups is 1. The summed E-state index contributed by atoms with van der Waals surface area (Å²) in [6.45, 7) is 2.15. The molecule has 5 rings (SSSR count). The van der Waals surface area contributed by atoms with E-state index in [1.54, 1.807) is 6.07 Å². The lowest BCUT2D eigenvalue weighted by Crippen LogP contribution is -2.50. The summed E-state index contributed by atoms with van der Waals surface area (Å²) in [5.41, 5.74) is 1.49. The first-order chi connectivity index (χ1) is 18.6. The van der Waals surface area contributed by atoms with E-state index in [-0.39, 0.29) is 35.4 Å². The zero-order valence-electron chi connectivity index (χ0n) is 22.5. The molecule has 2 fully saturated rings. The van der Waals surface area contributed by atoms with Crippen LogP contribution in [0.2, 0.25) is 5.02 Å². The topological polar surface area (TPSA) is 48.0 Å². The maximum Gasteiger partial charge on any atom is 0.387 e. The van der Waals surface area contributed by atoms with E-state index >= 15 is 4.39 Å². The molecule has 0 amide bonds. The Morgan fingerprint density at radius 2 is 1.82 bits per heavy atom. The van der Waals surface area contributed by atoms with Crippen LogP contribution in [-0.4, -0.2) is 43.3 Å². The molecule has 1 unspecified atom stereocenters. The van der Waals surface area contributed by atoms with Crippen molar-refractivity contribution in [1.29, 1.82) is 0 Å². The van der Waals surface area contributed by atoms with Crippen molar-refractivity contribution in [3.05, 3.63) is 57.9 Å². The van der Waals surface area contributed by atoms with Gasteiger partial charge in [-0.2, -0.15) is 8.78 Å². The largest absolute Gasteiger partial charge is 0.484 e. The SMILES string of the molecule is COC(=O)[C@@H](C)[C@H](c1ccc2c(c1F)OC1(CC2)CCN(C(C)c2cc(Cl)ccc2OC(F)F)CC1)C1CC1. The summed E-state index contributed by atoms with van der Waals surface area (Å²) in [4.78, 5) is 14.5. The van der Waals surface area contributed by atoms with E-state index in [1.807, 2.05) is 26.0 Å². The van der Waals surface area contributed by atoms with Crippen LogP contribution in [0, 0.1) is 17.7 Å². The van der Waals surface area contributed by atoms with Gasteiger partial charge in [0.2, 0.25) is 0 Å². The number of alkyl halides is 2. The number of hydrogen-bond donors (Lipinski definition) is 0. The molecule has 0 bridgehead atoms. The van der Waals surface area contributed by atoms with Gasteiger partial charge in [0.05, 0.1) is 13.0 Å². The van der Waals surface area contributed by atoms with Crippen LogP contribution in [0.1, 0.15) is 74.6 Å². The van der Waals surface area contributed by atoms with Crippen molar-refractivity contribution in [2.24, 2.45) is 11.8 Å². The quantitative estimate of drug-likeness (QED) is 0.314. The van der Waals surface area contributed by atoms with Crippen LogP contribution in [0.3, 0.4) is 0 Å². The fourth-order valence-electron chi connectivity index (χ4n) is 6.44. The number of carbonyl (C=O) groups excluding carboxylic acids is 1. The molecule has 9 heteroatoms. The van der Waals surface area contributed by atoms with Gasteiger partial charge in [-0.3, -0.25) is 9.69 Å². The molecule has 1 aliphatic carbocycles. The minimum atomic E-state index is -2.92. The molecule has 2 aromatic rings. The maximum atomic E-state index is 16.1. The van der Waals surface area contributed by atoms with Crippen molar-refractivity contribution < 1.29 is 32.2 Å². The summed E-state index contributed by atoms with van der Waals surface area (Å²) in [6, 6.07) is 8.25. The molecule has 0 radical (unpaired) electrons. The van der Waals surface area contributed by atoms with E-state index in [4.69, 9.17) is 25.8 Å². The van der Waals surface area contributed by atoms with Crippen molar-refractivity contribution in [3.8, 4) is 11.5 Å². The third-order valence-corrected chi connectivity index (χ3v) is 9.11. The number of esters is 1. The van der Waals surface area contributed by atoms with Gasteiger partial charge in [0.1, 0.15) is 11.4 Å². The minimum Gasteiger partial charge on any atom is -0.484 e. The predicted octanol–water partition coefficient (Wildman–Crippen LogP) is 7.30. The lowest BCUT2D eigenvalue weighted by Gasteiger charge is -2.46. The molecule has 5 nitrogen and oxygen atoms in total. The monoisotopic (exact) mass is 565 g/mol. The molecule has 39 heavy (non-hydrogen) atoms. The molecular formula is C30H35ClF3NO4. The summed E-state index contributed by atoms with van der Waals surface area (Å²) in [5.74, 6) is -0.680. The average molecular weight is 566 g/mol. The van der Waals surface area contributed by atoms with Crippen molar-refractivity contribution >= 4 is 17.6 Å². The number of ether oxygens (including phenoxy) is 3. The van der Waals surface area contributed by atoms with Crippen LogP contribution in [0.4, 0.5) is 13.2 Å². The van der Waals surface area contributed by atoms with Gasteiger partial charge in [0, 0.05) is 35.6 Å². The standard InChI is InChI=1S/C30H35ClF3NO4/c1-17(28(36)37-3)25(19-4-5-19)22-8-6-20-10-11-30(39-27(20)26(22)32)12-14-35(15-13-30)18(2)23-16-21(31)7-9-24(23)38-29(33)34/h6-9,16-19,25,29H,4-5,10-15H2,1-3H3/t17-,18?,25-/m0/s1. The third kappa shape index (κ3) is 5.73. The molecule has 1 spiro atoms. The van der Waals surface area contributed by atoms with Gasteiger partial charge in [-0.15, -0.1) is 0 Å². The van der Waals surface area contributed by atoms with Crippen molar-refractivity contribution in [2.75, 3.05) is 20.2 Å². The highest BCUT2D eigenvalue weighted by molar-refractivity contribution is 6.30. The highest BCUT2D eigenvalue weighted by Gasteiger charge is 2.44. The van der Waals surface area contributed by atoms with Crippen LogP contribution in [0.5, 0.6) is 11.5 Å². The van der Waals surface area contributed by atoms with Gasteiger partial charge < -0.3 is 14.2 Å².